The van der Waals surface area contributed by atoms with E-state index < -0.39 is 0 Å². The largest absolute Gasteiger partial charge is 0.393 e. The molecule has 104 valence electrons. The Hall–Kier alpha value is -1.39. The number of aliphatic hydroxyl groups excluding tert-OH is 1. The molecule has 1 aliphatic rings. The van der Waals surface area contributed by atoms with Gasteiger partial charge in [0.1, 0.15) is 0 Å². The van der Waals surface area contributed by atoms with E-state index >= 15 is 0 Å². The Morgan fingerprint density at radius 1 is 1.32 bits per heavy atom. The maximum absolute atomic E-state index is 12.4. The third kappa shape index (κ3) is 3.33. The fourth-order valence-electron chi connectivity index (χ4n) is 2.49. The predicted molar refractivity (Wildman–Crippen MR) is 76.1 cm³/mol. The number of carbonyl (C=O) groups is 1. The van der Waals surface area contributed by atoms with E-state index in [9.17, 15) is 9.90 Å². The topological polar surface area (TPSA) is 43.8 Å². The normalized spacial score (nSPS) is 19.1. The molecule has 1 N–H and O–H groups in total. The molecule has 0 radical (unpaired) electrons. The molecule has 1 fully saturated rings. The molecule has 1 aromatic carbocycles. The van der Waals surface area contributed by atoms with Gasteiger partial charge in [0.2, 0.25) is 5.91 Å². The van der Waals surface area contributed by atoms with Crippen molar-refractivity contribution in [1.29, 1.82) is 0 Å². The summed E-state index contributed by atoms with van der Waals surface area (Å²) in [7, 11) is 1.81. The highest BCUT2D eigenvalue weighted by Crippen LogP contribution is 2.17. The predicted octanol–water partition coefficient (Wildman–Crippen LogP) is 1.49. The lowest BCUT2D eigenvalue weighted by molar-refractivity contribution is -0.123. The van der Waals surface area contributed by atoms with Crippen molar-refractivity contribution >= 4 is 11.6 Å². The highest BCUT2D eigenvalue weighted by atomic mass is 16.3. The Balaban J connectivity index is 1.99. The van der Waals surface area contributed by atoms with Gasteiger partial charge in [0, 0.05) is 25.8 Å². The van der Waals surface area contributed by atoms with Crippen LogP contribution in [-0.4, -0.2) is 48.2 Å². The van der Waals surface area contributed by atoms with Gasteiger partial charge in [-0.3, -0.25) is 9.69 Å². The van der Waals surface area contributed by atoms with Gasteiger partial charge in [-0.15, -0.1) is 0 Å². The molecule has 1 aliphatic heterocycles. The summed E-state index contributed by atoms with van der Waals surface area (Å²) in [5, 5.41) is 9.51. The van der Waals surface area contributed by atoms with Crippen LogP contribution < -0.4 is 4.90 Å². The highest BCUT2D eigenvalue weighted by Gasteiger charge is 2.27. The molecule has 0 aromatic heterocycles. The third-order valence-corrected chi connectivity index (χ3v) is 3.88. The molecule has 1 heterocycles. The first-order valence-electron chi connectivity index (χ1n) is 6.84. The van der Waals surface area contributed by atoms with Crippen molar-refractivity contribution in [3.63, 3.8) is 0 Å². The van der Waals surface area contributed by atoms with E-state index in [4.69, 9.17) is 0 Å². The summed E-state index contributed by atoms with van der Waals surface area (Å²) in [5.41, 5.74) is 0.913. The van der Waals surface area contributed by atoms with Crippen LogP contribution in [0.3, 0.4) is 0 Å². The zero-order chi connectivity index (χ0) is 13.8. The first-order chi connectivity index (χ1) is 9.09. The highest BCUT2D eigenvalue weighted by molar-refractivity contribution is 5.96. The first-order valence-corrected chi connectivity index (χ1v) is 6.84. The van der Waals surface area contributed by atoms with Crippen molar-refractivity contribution < 1.29 is 9.90 Å². The molecular formula is C15H22N2O2. The number of likely N-dealkylation sites (tertiary alicyclic amines) is 1. The maximum atomic E-state index is 12.4. The van der Waals surface area contributed by atoms with Crippen LogP contribution in [0.2, 0.25) is 0 Å². The maximum Gasteiger partial charge on any atom is 0.243 e. The number of aliphatic hydroxyl groups is 1. The van der Waals surface area contributed by atoms with Gasteiger partial charge in [0.05, 0.1) is 12.1 Å². The summed E-state index contributed by atoms with van der Waals surface area (Å²) in [6, 6.07) is 9.53. The Labute approximate surface area is 114 Å². The molecule has 0 aliphatic carbocycles. The lowest BCUT2D eigenvalue weighted by atomic mass is 10.1. The summed E-state index contributed by atoms with van der Waals surface area (Å²) in [4.78, 5) is 16.3. The Kier molecular flexibility index (Phi) is 4.56. The number of hydrogen-bond donors (Lipinski definition) is 1. The Bertz CT molecular complexity index is 413. The van der Waals surface area contributed by atoms with E-state index in [1.54, 1.807) is 4.90 Å². The second kappa shape index (κ2) is 6.17. The summed E-state index contributed by atoms with van der Waals surface area (Å²) < 4.78 is 0. The lowest BCUT2D eigenvalue weighted by Crippen LogP contribution is -2.49. The Morgan fingerprint density at radius 3 is 2.47 bits per heavy atom. The fourth-order valence-corrected chi connectivity index (χ4v) is 2.49. The molecule has 4 heteroatoms. The van der Waals surface area contributed by atoms with Crippen molar-refractivity contribution in [3.05, 3.63) is 30.3 Å². The number of anilines is 1. The van der Waals surface area contributed by atoms with Gasteiger partial charge in [-0.05, 0) is 31.9 Å². The van der Waals surface area contributed by atoms with Crippen LogP contribution in [0.5, 0.6) is 0 Å². The van der Waals surface area contributed by atoms with Crippen LogP contribution in [0, 0.1) is 0 Å². The van der Waals surface area contributed by atoms with Crippen LogP contribution in [0.25, 0.3) is 0 Å². The SMILES string of the molecule is CC(C(=O)N(C)c1ccccc1)N1CCC(O)CC1. The summed E-state index contributed by atoms with van der Waals surface area (Å²) in [6.07, 6.45) is 1.31. The summed E-state index contributed by atoms with van der Waals surface area (Å²) in [6.45, 7) is 3.52. The van der Waals surface area contributed by atoms with Crippen molar-refractivity contribution in [2.75, 3.05) is 25.0 Å². The van der Waals surface area contributed by atoms with Gasteiger partial charge >= 0.3 is 0 Å². The van der Waals surface area contributed by atoms with Crippen LogP contribution in [-0.2, 0) is 4.79 Å². The molecule has 0 saturated carbocycles. The number of carbonyl (C=O) groups excluding carboxylic acids is 1. The van der Waals surface area contributed by atoms with Gasteiger partial charge < -0.3 is 10.0 Å². The molecule has 1 saturated heterocycles. The number of nitrogens with zero attached hydrogens (tertiary/aromatic N) is 2. The van der Waals surface area contributed by atoms with Crippen molar-refractivity contribution in [2.45, 2.75) is 31.9 Å². The van der Waals surface area contributed by atoms with E-state index in [0.29, 0.717) is 0 Å². The van der Waals surface area contributed by atoms with Gasteiger partial charge in [0.25, 0.3) is 0 Å². The zero-order valence-electron chi connectivity index (χ0n) is 11.6. The smallest absolute Gasteiger partial charge is 0.243 e. The second-order valence-corrected chi connectivity index (χ2v) is 5.18. The van der Waals surface area contributed by atoms with Crippen molar-refractivity contribution in [1.82, 2.24) is 4.90 Å². The first kappa shape index (κ1) is 14.0. The monoisotopic (exact) mass is 262 g/mol. The molecule has 4 nitrogen and oxygen atoms in total. The fraction of sp³-hybridized carbons (Fsp3) is 0.533. The number of benzene rings is 1. The minimum atomic E-state index is -0.203. The Morgan fingerprint density at radius 2 is 1.89 bits per heavy atom. The van der Waals surface area contributed by atoms with Gasteiger partial charge in [-0.25, -0.2) is 0 Å². The number of para-hydroxylation sites is 1. The van der Waals surface area contributed by atoms with E-state index in [2.05, 4.69) is 4.90 Å². The summed E-state index contributed by atoms with van der Waals surface area (Å²) >= 11 is 0. The zero-order valence-corrected chi connectivity index (χ0v) is 11.6. The third-order valence-electron chi connectivity index (χ3n) is 3.88. The molecule has 0 spiro atoms. The molecule has 2 rings (SSSR count). The minimum absolute atomic E-state index is 0.0996. The molecule has 0 bridgehead atoms. The average molecular weight is 262 g/mol. The average Bonchev–Trinajstić information content (AvgIpc) is 2.46. The van der Waals surface area contributed by atoms with Crippen LogP contribution in [0.1, 0.15) is 19.8 Å². The van der Waals surface area contributed by atoms with E-state index in [1.165, 1.54) is 0 Å². The van der Waals surface area contributed by atoms with E-state index in [1.807, 2.05) is 44.3 Å². The van der Waals surface area contributed by atoms with Gasteiger partial charge in [-0.1, -0.05) is 18.2 Å². The number of hydrogen-bond acceptors (Lipinski definition) is 3. The molecule has 1 aromatic rings. The summed E-state index contributed by atoms with van der Waals surface area (Å²) in [5.74, 6) is 0.0996. The number of rotatable bonds is 3. The number of piperidine rings is 1. The molecular weight excluding hydrogens is 240 g/mol. The molecule has 1 amide bonds. The van der Waals surface area contributed by atoms with Gasteiger partial charge in [-0.2, -0.15) is 0 Å². The van der Waals surface area contributed by atoms with Crippen LogP contribution >= 0.6 is 0 Å². The van der Waals surface area contributed by atoms with Gasteiger partial charge in [0.15, 0.2) is 0 Å². The molecule has 19 heavy (non-hydrogen) atoms. The van der Waals surface area contributed by atoms with E-state index in [0.717, 1.165) is 31.6 Å². The molecule has 1 unspecified atom stereocenters. The standard InChI is InChI=1S/C15H22N2O2/c1-12(17-10-8-14(18)9-11-17)15(19)16(2)13-6-4-3-5-7-13/h3-7,12,14,18H,8-11H2,1-2H3. The quantitative estimate of drug-likeness (QED) is 0.897. The van der Waals surface area contributed by atoms with Crippen molar-refractivity contribution in [3.8, 4) is 0 Å². The van der Waals surface area contributed by atoms with Crippen LogP contribution in [0.4, 0.5) is 5.69 Å². The number of amides is 1. The molecule has 1 atom stereocenters. The van der Waals surface area contributed by atoms with Crippen LogP contribution in [0.15, 0.2) is 30.3 Å². The minimum Gasteiger partial charge on any atom is -0.393 e. The van der Waals surface area contributed by atoms with Crippen molar-refractivity contribution in [2.24, 2.45) is 0 Å². The van der Waals surface area contributed by atoms with E-state index in [-0.39, 0.29) is 18.1 Å². The second-order valence-electron chi connectivity index (χ2n) is 5.18. The lowest BCUT2D eigenvalue weighted by Gasteiger charge is -2.35. The number of likely N-dealkylation sites (N-methyl/N-ethyl adjacent to an activating group) is 1.